The predicted octanol–water partition coefficient (Wildman–Crippen LogP) is 3.97. The third kappa shape index (κ3) is 9.63. The summed E-state index contributed by atoms with van der Waals surface area (Å²) in [6, 6.07) is 6.29. The second kappa shape index (κ2) is 14.2. The molecule has 1 aromatic rings. The lowest BCUT2D eigenvalue weighted by atomic mass is 9.90. The van der Waals surface area contributed by atoms with Crippen LogP contribution in [0, 0.1) is 17.8 Å². The quantitative estimate of drug-likeness (QED) is 0.349. The molecule has 1 aliphatic carbocycles. The highest BCUT2D eigenvalue weighted by Gasteiger charge is 2.27. The van der Waals surface area contributed by atoms with Crippen LogP contribution in [0.1, 0.15) is 93.9 Å². The Morgan fingerprint density at radius 3 is 2.23 bits per heavy atom. The molecule has 1 aromatic carbocycles. The Hall–Kier alpha value is -2.41. The number of nitrogens with two attached hydrogens (primary N) is 1. The molecule has 3 atom stereocenters. The largest absolute Gasteiger partial charge is 0.356 e. The van der Waals surface area contributed by atoms with E-state index in [2.05, 4.69) is 38.3 Å². The average Bonchev–Trinajstić information content (AvgIpc) is 3.65. The van der Waals surface area contributed by atoms with Gasteiger partial charge in [0.1, 0.15) is 0 Å². The Morgan fingerprint density at radius 1 is 1.03 bits per heavy atom. The molecule has 7 nitrogen and oxygen atoms in total. The number of hydrogen-bond donors (Lipinski definition) is 3. The minimum atomic E-state index is -0.350. The van der Waals surface area contributed by atoms with Crippen LogP contribution in [0.4, 0.5) is 0 Å². The molecule has 3 amide bonds. The van der Waals surface area contributed by atoms with Crippen LogP contribution in [0.15, 0.2) is 24.3 Å². The maximum Gasteiger partial charge on any atom is 0.253 e. The van der Waals surface area contributed by atoms with Gasteiger partial charge in [-0.15, -0.1) is 0 Å². The van der Waals surface area contributed by atoms with Crippen LogP contribution < -0.4 is 16.4 Å². The smallest absolute Gasteiger partial charge is 0.253 e. The Bertz CT molecular complexity index is 831. The van der Waals surface area contributed by atoms with Gasteiger partial charge in [-0.1, -0.05) is 40.7 Å². The molecule has 1 aliphatic rings. The van der Waals surface area contributed by atoms with Gasteiger partial charge in [0.25, 0.3) is 11.8 Å². The zero-order chi connectivity index (χ0) is 26.0. The minimum Gasteiger partial charge on any atom is -0.356 e. The molecule has 4 N–H and O–H groups in total. The molecule has 1 fully saturated rings. The van der Waals surface area contributed by atoms with Crippen molar-refractivity contribution in [1.82, 2.24) is 15.5 Å². The first-order chi connectivity index (χ1) is 16.7. The first kappa shape index (κ1) is 28.8. The Balaban J connectivity index is 2.05. The third-order valence-electron chi connectivity index (χ3n) is 6.54. The summed E-state index contributed by atoms with van der Waals surface area (Å²) in [6.45, 7) is 12.3. The van der Waals surface area contributed by atoms with E-state index >= 15 is 0 Å². The van der Waals surface area contributed by atoms with E-state index in [9.17, 15) is 14.4 Å². The minimum absolute atomic E-state index is 0.0249. The zero-order valence-corrected chi connectivity index (χ0v) is 22.3. The molecular formula is C28H46N4O3. The highest BCUT2D eigenvalue weighted by atomic mass is 16.2. The second-order valence-electron chi connectivity index (χ2n) is 10.6. The van der Waals surface area contributed by atoms with Gasteiger partial charge in [0.15, 0.2) is 0 Å². The van der Waals surface area contributed by atoms with Crippen molar-refractivity contribution in [3.05, 3.63) is 35.4 Å². The van der Waals surface area contributed by atoms with Crippen LogP contribution in [-0.2, 0) is 4.79 Å². The van der Waals surface area contributed by atoms with Crippen LogP contribution in [0.5, 0.6) is 0 Å². The number of benzene rings is 1. The molecule has 0 heterocycles. The van der Waals surface area contributed by atoms with Crippen molar-refractivity contribution in [2.45, 2.75) is 85.2 Å². The van der Waals surface area contributed by atoms with E-state index in [1.807, 2.05) is 11.8 Å². The zero-order valence-electron chi connectivity index (χ0n) is 22.3. The number of carbonyl (C=O) groups excluding carboxylic acids is 3. The molecule has 3 unspecified atom stereocenters. The lowest BCUT2D eigenvalue weighted by molar-refractivity contribution is -0.124. The van der Waals surface area contributed by atoms with Gasteiger partial charge in [-0.25, -0.2) is 0 Å². The first-order valence-corrected chi connectivity index (χ1v) is 13.4. The van der Waals surface area contributed by atoms with Crippen LogP contribution >= 0.6 is 0 Å². The van der Waals surface area contributed by atoms with Crippen molar-refractivity contribution in [3.8, 4) is 0 Å². The molecule has 0 radical (unpaired) electrons. The van der Waals surface area contributed by atoms with Crippen molar-refractivity contribution in [2.75, 3.05) is 19.6 Å². The van der Waals surface area contributed by atoms with Crippen molar-refractivity contribution in [1.29, 1.82) is 0 Å². The molecule has 35 heavy (non-hydrogen) atoms. The van der Waals surface area contributed by atoms with Crippen LogP contribution in [0.3, 0.4) is 0 Å². The topological polar surface area (TPSA) is 105 Å². The molecule has 0 spiro atoms. The molecule has 7 heteroatoms. The maximum atomic E-state index is 13.2. The molecule has 0 aromatic heterocycles. The van der Waals surface area contributed by atoms with Gasteiger partial charge >= 0.3 is 0 Å². The Kier molecular flexibility index (Phi) is 11.7. The summed E-state index contributed by atoms with van der Waals surface area (Å²) in [5.74, 6) is 0.464. The third-order valence-corrected chi connectivity index (χ3v) is 6.54. The SMILES string of the molecule is CCCN(CCC)C(=O)c1cccc(C(=O)NC(CC(C)C)C(N)CC(C)C(=O)NCC2CC2)c1. The summed E-state index contributed by atoms with van der Waals surface area (Å²) < 4.78 is 0. The standard InChI is InChI=1S/C28H46N4O3/c1-6-13-32(14-7-2)28(35)23-10-8-9-22(17-23)27(34)31-25(15-19(3)4)24(29)16-20(5)26(33)30-18-21-11-12-21/h8-10,17,19-21,24-25H,6-7,11-16,18,29H2,1-5H3,(H,30,33)(H,31,34). The van der Waals surface area contributed by atoms with Gasteiger partial charge in [0, 0.05) is 48.8 Å². The molecule has 196 valence electrons. The van der Waals surface area contributed by atoms with E-state index in [1.54, 1.807) is 24.3 Å². The summed E-state index contributed by atoms with van der Waals surface area (Å²) in [5.41, 5.74) is 7.49. The number of nitrogens with one attached hydrogen (secondary N) is 2. The van der Waals surface area contributed by atoms with Gasteiger partial charge < -0.3 is 21.3 Å². The van der Waals surface area contributed by atoms with E-state index < -0.39 is 0 Å². The van der Waals surface area contributed by atoms with Crippen molar-refractivity contribution < 1.29 is 14.4 Å². The van der Waals surface area contributed by atoms with E-state index in [0.29, 0.717) is 48.9 Å². The van der Waals surface area contributed by atoms with Gasteiger partial charge in [0.2, 0.25) is 5.91 Å². The van der Waals surface area contributed by atoms with Gasteiger partial charge in [-0.2, -0.15) is 0 Å². The van der Waals surface area contributed by atoms with E-state index in [0.717, 1.165) is 19.4 Å². The molecule has 0 bridgehead atoms. The fraction of sp³-hybridized carbons (Fsp3) is 0.679. The predicted molar refractivity (Wildman–Crippen MR) is 141 cm³/mol. The second-order valence-corrected chi connectivity index (χ2v) is 10.6. The summed E-state index contributed by atoms with van der Waals surface area (Å²) >= 11 is 0. The van der Waals surface area contributed by atoms with Crippen molar-refractivity contribution in [2.24, 2.45) is 23.5 Å². The summed E-state index contributed by atoms with van der Waals surface area (Å²) in [6.07, 6.45) is 5.37. The molecule has 1 saturated carbocycles. The highest BCUT2D eigenvalue weighted by molar-refractivity contribution is 5.99. The van der Waals surface area contributed by atoms with Gasteiger partial charge in [0.05, 0.1) is 0 Å². The molecular weight excluding hydrogens is 440 g/mol. The monoisotopic (exact) mass is 486 g/mol. The van der Waals surface area contributed by atoms with E-state index in [1.165, 1.54) is 12.8 Å². The highest BCUT2D eigenvalue weighted by Crippen LogP contribution is 2.27. The summed E-state index contributed by atoms with van der Waals surface area (Å²) in [7, 11) is 0. The van der Waals surface area contributed by atoms with Crippen molar-refractivity contribution in [3.63, 3.8) is 0 Å². The Morgan fingerprint density at radius 2 is 1.66 bits per heavy atom. The number of nitrogens with zero attached hydrogens (tertiary/aromatic N) is 1. The molecule has 0 saturated heterocycles. The fourth-order valence-corrected chi connectivity index (χ4v) is 4.35. The van der Waals surface area contributed by atoms with Crippen LogP contribution in [0.25, 0.3) is 0 Å². The lowest BCUT2D eigenvalue weighted by Crippen LogP contribution is -2.50. The lowest BCUT2D eigenvalue weighted by Gasteiger charge is -2.28. The van der Waals surface area contributed by atoms with Gasteiger partial charge in [-0.3, -0.25) is 14.4 Å². The number of carbonyl (C=O) groups is 3. The number of hydrogen-bond acceptors (Lipinski definition) is 4. The maximum absolute atomic E-state index is 13.2. The first-order valence-electron chi connectivity index (χ1n) is 13.4. The van der Waals surface area contributed by atoms with E-state index in [4.69, 9.17) is 5.73 Å². The van der Waals surface area contributed by atoms with E-state index in [-0.39, 0.29) is 35.7 Å². The van der Waals surface area contributed by atoms with Gasteiger partial charge in [-0.05, 0) is 68.6 Å². The van der Waals surface area contributed by atoms with Crippen LogP contribution in [0.2, 0.25) is 0 Å². The summed E-state index contributed by atoms with van der Waals surface area (Å²) in [4.78, 5) is 40.5. The normalized spacial score (nSPS) is 15.9. The molecule has 2 rings (SSSR count). The molecule has 0 aliphatic heterocycles. The average molecular weight is 487 g/mol. The van der Waals surface area contributed by atoms with Crippen LogP contribution in [-0.4, -0.2) is 54.3 Å². The number of rotatable bonds is 15. The summed E-state index contributed by atoms with van der Waals surface area (Å²) in [5, 5.41) is 6.12. The Labute approximate surface area is 211 Å². The van der Waals surface area contributed by atoms with Crippen molar-refractivity contribution >= 4 is 17.7 Å². The fourth-order valence-electron chi connectivity index (χ4n) is 4.35. The number of amides is 3.